The second-order valence-corrected chi connectivity index (χ2v) is 8.20. The monoisotopic (exact) mass is 362 g/mol. The summed E-state index contributed by atoms with van der Waals surface area (Å²) in [6, 6.07) is 13.6. The molecule has 2 aromatic carbocycles. The number of sulfonamides is 1. The van der Waals surface area contributed by atoms with Crippen LogP contribution < -0.4 is 4.74 Å². The quantitative estimate of drug-likeness (QED) is 0.812. The third-order valence-corrected chi connectivity index (χ3v) is 6.33. The smallest absolute Gasteiger partial charge is 0.260 e. The summed E-state index contributed by atoms with van der Waals surface area (Å²) in [4.78, 5) is 14.0. The Kier molecular flexibility index (Phi) is 5.24. The maximum atomic E-state index is 12.4. The molecule has 6 nitrogen and oxygen atoms in total. The summed E-state index contributed by atoms with van der Waals surface area (Å²) in [7, 11) is -3.19. The summed E-state index contributed by atoms with van der Waals surface area (Å²) < 4.78 is 30.9. The number of ether oxygens (including phenoxy) is 1. The van der Waals surface area contributed by atoms with Gasteiger partial charge in [-0.2, -0.15) is 4.31 Å². The molecule has 0 atom stereocenters. The Morgan fingerprint density at radius 1 is 1.04 bits per heavy atom. The van der Waals surface area contributed by atoms with Crippen molar-refractivity contribution in [3.8, 4) is 5.75 Å². The first kappa shape index (κ1) is 17.7. The Hall–Kier alpha value is -2.12. The molecular formula is C18H22N2O4S. The zero-order valence-electron chi connectivity index (χ0n) is 14.2. The van der Waals surface area contributed by atoms with E-state index >= 15 is 0 Å². The molecule has 1 saturated heterocycles. The maximum Gasteiger partial charge on any atom is 0.260 e. The van der Waals surface area contributed by atoms with E-state index in [0.717, 1.165) is 10.8 Å². The summed E-state index contributed by atoms with van der Waals surface area (Å²) in [6.45, 7) is 3.07. The Balaban J connectivity index is 1.58. The molecule has 3 rings (SSSR count). The van der Waals surface area contributed by atoms with Crippen LogP contribution in [-0.2, 0) is 14.8 Å². The van der Waals surface area contributed by atoms with Crippen LogP contribution in [0, 0.1) is 0 Å². The minimum atomic E-state index is -3.19. The number of hydrogen-bond donors (Lipinski definition) is 0. The lowest BCUT2D eigenvalue weighted by Crippen LogP contribution is -2.51. The lowest BCUT2D eigenvalue weighted by Gasteiger charge is -2.33. The van der Waals surface area contributed by atoms with Crippen molar-refractivity contribution in [3.63, 3.8) is 0 Å². The van der Waals surface area contributed by atoms with E-state index in [1.165, 1.54) is 4.31 Å². The van der Waals surface area contributed by atoms with Crippen molar-refractivity contribution >= 4 is 26.7 Å². The first-order valence-electron chi connectivity index (χ1n) is 8.37. The van der Waals surface area contributed by atoms with E-state index in [0.29, 0.717) is 31.9 Å². The molecule has 0 N–H and O–H groups in total. The van der Waals surface area contributed by atoms with E-state index in [2.05, 4.69) is 0 Å². The van der Waals surface area contributed by atoms with Gasteiger partial charge in [-0.1, -0.05) is 36.4 Å². The van der Waals surface area contributed by atoms with Gasteiger partial charge < -0.3 is 9.64 Å². The van der Waals surface area contributed by atoms with Gasteiger partial charge in [0.25, 0.3) is 5.91 Å². The second-order valence-electron chi connectivity index (χ2n) is 5.95. The molecule has 0 spiro atoms. The third-order valence-electron chi connectivity index (χ3n) is 4.45. The predicted octanol–water partition coefficient (Wildman–Crippen LogP) is 1.71. The number of carbonyl (C=O) groups is 1. The molecule has 134 valence electrons. The fourth-order valence-corrected chi connectivity index (χ4v) is 4.04. The van der Waals surface area contributed by atoms with Gasteiger partial charge >= 0.3 is 0 Å². The van der Waals surface area contributed by atoms with Crippen LogP contribution in [-0.4, -0.2) is 62.1 Å². The van der Waals surface area contributed by atoms with E-state index in [1.54, 1.807) is 11.8 Å². The average molecular weight is 362 g/mol. The first-order chi connectivity index (χ1) is 12.0. The number of rotatable bonds is 5. The molecule has 1 amide bonds. The fourth-order valence-electron chi connectivity index (χ4n) is 2.95. The van der Waals surface area contributed by atoms with Gasteiger partial charge in [-0.05, 0) is 18.4 Å². The predicted molar refractivity (Wildman–Crippen MR) is 97.1 cm³/mol. The van der Waals surface area contributed by atoms with E-state index in [1.807, 2.05) is 42.5 Å². The van der Waals surface area contributed by atoms with Gasteiger partial charge in [-0.3, -0.25) is 4.79 Å². The zero-order valence-corrected chi connectivity index (χ0v) is 15.0. The summed E-state index contributed by atoms with van der Waals surface area (Å²) in [5, 5.41) is 2.03. The molecule has 0 bridgehead atoms. The summed E-state index contributed by atoms with van der Waals surface area (Å²) in [6.07, 6.45) is 0. The van der Waals surface area contributed by atoms with Crippen LogP contribution in [0.3, 0.4) is 0 Å². The van der Waals surface area contributed by atoms with E-state index in [-0.39, 0.29) is 18.3 Å². The normalized spacial score (nSPS) is 16.1. The van der Waals surface area contributed by atoms with Gasteiger partial charge in [0.1, 0.15) is 5.75 Å². The van der Waals surface area contributed by atoms with Crippen LogP contribution in [0.4, 0.5) is 0 Å². The second kappa shape index (κ2) is 7.41. The van der Waals surface area contributed by atoms with Crippen molar-refractivity contribution in [3.05, 3.63) is 42.5 Å². The summed E-state index contributed by atoms with van der Waals surface area (Å²) in [5.41, 5.74) is 0. The lowest BCUT2D eigenvalue weighted by molar-refractivity contribution is -0.134. The fraction of sp³-hybridized carbons (Fsp3) is 0.389. The van der Waals surface area contributed by atoms with Crippen molar-refractivity contribution in [2.45, 2.75) is 6.92 Å². The molecule has 0 aromatic heterocycles. The Morgan fingerprint density at radius 2 is 1.72 bits per heavy atom. The number of benzene rings is 2. The summed E-state index contributed by atoms with van der Waals surface area (Å²) in [5.74, 6) is 0.644. The van der Waals surface area contributed by atoms with Crippen molar-refractivity contribution in [1.82, 2.24) is 9.21 Å². The molecule has 0 unspecified atom stereocenters. The molecule has 2 aromatic rings. The number of hydrogen-bond acceptors (Lipinski definition) is 4. The highest BCUT2D eigenvalue weighted by Gasteiger charge is 2.27. The third kappa shape index (κ3) is 3.93. The molecule has 1 heterocycles. The van der Waals surface area contributed by atoms with Gasteiger partial charge in [0.2, 0.25) is 10.0 Å². The Morgan fingerprint density at radius 3 is 2.44 bits per heavy atom. The molecule has 0 aliphatic carbocycles. The molecule has 1 aliphatic rings. The zero-order chi connectivity index (χ0) is 17.9. The van der Waals surface area contributed by atoms with Crippen LogP contribution >= 0.6 is 0 Å². The van der Waals surface area contributed by atoms with Gasteiger partial charge in [0.05, 0.1) is 5.75 Å². The SMILES string of the molecule is CCS(=O)(=O)N1CCN(C(=O)COc2cccc3ccccc23)CC1. The largest absolute Gasteiger partial charge is 0.483 e. The minimum absolute atomic E-state index is 0.0471. The van der Waals surface area contributed by atoms with Crippen molar-refractivity contribution in [2.75, 3.05) is 38.5 Å². The van der Waals surface area contributed by atoms with Crippen LogP contribution in [0.25, 0.3) is 10.8 Å². The highest BCUT2D eigenvalue weighted by atomic mass is 32.2. The maximum absolute atomic E-state index is 12.4. The highest BCUT2D eigenvalue weighted by Crippen LogP contribution is 2.25. The van der Waals surface area contributed by atoms with E-state index < -0.39 is 10.0 Å². The van der Waals surface area contributed by atoms with Crippen molar-refractivity contribution in [1.29, 1.82) is 0 Å². The van der Waals surface area contributed by atoms with Gasteiger partial charge in [-0.25, -0.2) is 8.42 Å². The van der Waals surface area contributed by atoms with Crippen LogP contribution in [0.15, 0.2) is 42.5 Å². The number of carbonyl (C=O) groups excluding carboxylic acids is 1. The number of fused-ring (bicyclic) bond motifs is 1. The van der Waals surface area contributed by atoms with Gasteiger partial charge in [0.15, 0.2) is 6.61 Å². The minimum Gasteiger partial charge on any atom is -0.483 e. The Labute approximate surface area is 148 Å². The molecule has 25 heavy (non-hydrogen) atoms. The Bertz CT molecular complexity index is 853. The molecule has 1 fully saturated rings. The van der Waals surface area contributed by atoms with Gasteiger partial charge in [-0.15, -0.1) is 0 Å². The number of nitrogens with zero attached hydrogens (tertiary/aromatic N) is 2. The molecule has 7 heteroatoms. The van der Waals surface area contributed by atoms with E-state index in [4.69, 9.17) is 4.74 Å². The van der Waals surface area contributed by atoms with Gasteiger partial charge in [0, 0.05) is 31.6 Å². The topological polar surface area (TPSA) is 66.9 Å². The molecule has 1 aliphatic heterocycles. The summed E-state index contributed by atoms with van der Waals surface area (Å²) >= 11 is 0. The van der Waals surface area contributed by atoms with E-state index in [9.17, 15) is 13.2 Å². The lowest BCUT2D eigenvalue weighted by atomic mass is 10.1. The number of piperazine rings is 1. The van der Waals surface area contributed by atoms with Crippen LogP contribution in [0.1, 0.15) is 6.92 Å². The van der Waals surface area contributed by atoms with Crippen LogP contribution in [0.2, 0.25) is 0 Å². The number of amides is 1. The van der Waals surface area contributed by atoms with Crippen molar-refractivity contribution in [2.24, 2.45) is 0 Å². The average Bonchev–Trinajstić information content (AvgIpc) is 2.66. The van der Waals surface area contributed by atoms with Crippen LogP contribution in [0.5, 0.6) is 5.75 Å². The first-order valence-corrected chi connectivity index (χ1v) is 9.98. The molecule has 0 radical (unpaired) electrons. The van der Waals surface area contributed by atoms with Crippen molar-refractivity contribution < 1.29 is 17.9 Å². The standard InChI is InChI=1S/C18H22N2O4S/c1-2-25(22,23)20-12-10-19(11-13-20)18(21)14-24-17-9-5-7-15-6-3-4-8-16(15)17/h3-9H,2,10-14H2,1H3. The highest BCUT2D eigenvalue weighted by molar-refractivity contribution is 7.89. The molecular weight excluding hydrogens is 340 g/mol. The molecule has 0 saturated carbocycles.